The van der Waals surface area contributed by atoms with Crippen LogP contribution in [-0.2, 0) is 6.42 Å². The molecule has 0 aliphatic carbocycles. The second kappa shape index (κ2) is 11.8. The Hall–Kier alpha value is -3.00. The molecule has 1 unspecified atom stereocenters. The standard InChI is InChI=1S/C30H37F3N2O3/c1-6-24-25(19(2)3)27(37-17-15-35-14-7-13-30(32,33)18-35)29(28-26(24)34-21(5)38-28)36-16-12-20(4)22-8-10-23(31)11-9-22/h8-11,20H,2,6-7,12-18H2,1,3-5H3. The van der Waals surface area contributed by atoms with Crippen molar-refractivity contribution in [1.82, 2.24) is 9.88 Å². The van der Waals surface area contributed by atoms with Crippen molar-refractivity contribution in [2.24, 2.45) is 0 Å². The lowest BCUT2D eigenvalue weighted by molar-refractivity contribution is -0.0657. The summed E-state index contributed by atoms with van der Waals surface area (Å²) >= 11 is 0. The fraction of sp³-hybridized carbons (Fsp3) is 0.500. The summed E-state index contributed by atoms with van der Waals surface area (Å²) < 4.78 is 59.8. The number of alkyl halides is 2. The molecule has 4 rings (SSSR count). The van der Waals surface area contributed by atoms with Gasteiger partial charge in [0.2, 0.25) is 11.3 Å². The summed E-state index contributed by atoms with van der Waals surface area (Å²) in [6.45, 7) is 13.3. The SMILES string of the molecule is C=C(C)c1c(OCCN2CCCC(F)(F)C2)c(OCCC(C)c2ccc(F)cc2)c2oc(C)nc2c1CC. The van der Waals surface area contributed by atoms with Crippen LogP contribution in [-0.4, -0.2) is 48.7 Å². The quantitative estimate of drug-likeness (QED) is 0.256. The third-order valence-corrected chi connectivity index (χ3v) is 7.10. The van der Waals surface area contributed by atoms with E-state index < -0.39 is 5.92 Å². The Morgan fingerprint density at radius 2 is 1.89 bits per heavy atom. The molecule has 2 heterocycles. The maximum absolute atomic E-state index is 13.9. The zero-order chi connectivity index (χ0) is 27.4. The van der Waals surface area contributed by atoms with E-state index in [1.165, 1.54) is 12.1 Å². The fourth-order valence-electron chi connectivity index (χ4n) is 5.13. The van der Waals surface area contributed by atoms with Crippen LogP contribution >= 0.6 is 0 Å². The van der Waals surface area contributed by atoms with Gasteiger partial charge in [-0.1, -0.05) is 32.6 Å². The molecular weight excluding hydrogens is 493 g/mol. The Morgan fingerprint density at radius 3 is 2.55 bits per heavy atom. The number of ether oxygens (including phenoxy) is 2. The smallest absolute Gasteiger partial charge is 0.260 e. The number of hydrogen-bond acceptors (Lipinski definition) is 5. The van der Waals surface area contributed by atoms with E-state index in [4.69, 9.17) is 13.9 Å². The molecule has 0 radical (unpaired) electrons. The molecule has 1 aliphatic rings. The van der Waals surface area contributed by atoms with Crippen LogP contribution in [0.4, 0.5) is 13.2 Å². The molecule has 206 valence electrons. The zero-order valence-corrected chi connectivity index (χ0v) is 22.7. The van der Waals surface area contributed by atoms with Crippen molar-refractivity contribution in [3.8, 4) is 11.5 Å². The first-order valence-electron chi connectivity index (χ1n) is 13.3. The summed E-state index contributed by atoms with van der Waals surface area (Å²) in [5.74, 6) is -1.31. The summed E-state index contributed by atoms with van der Waals surface area (Å²) in [6, 6.07) is 6.48. The van der Waals surface area contributed by atoms with Crippen LogP contribution in [0, 0.1) is 12.7 Å². The molecule has 1 aromatic heterocycles. The number of aryl methyl sites for hydroxylation is 2. The molecule has 1 aliphatic heterocycles. The third kappa shape index (κ3) is 6.34. The van der Waals surface area contributed by atoms with Gasteiger partial charge in [0, 0.05) is 25.5 Å². The van der Waals surface area contributed by atoms with E-state index in [-0.39, 0.29) is 31.3 Å². The number of benzene rings is 2. The van der Waals surface area contributed by atoms with Crippen LogP contribution in [0.25, 0.3) is 16.7 Å². The van der Waals surface area contributed by atoms with E-state index >= 15 is 0 Å². The molecule has 0 bridgehead atoms. The van der Waals surface area contributed by atoms with E-state index in [0.717, 1.165) is 22.3 Å². The van der Waals surface area contributed by atoms with Crippen LogP contribution in [0.5, 0.6) is 11.5 Å². The molecular formula is C30H37F3N2O3. The molecule has 0 spiro atoms. The number of oxazole rings is 1. The van der Waals surface area contributed by atoms with Crippen molar-refractivity contribution < 1.29 is 27.1 Å². The van der Waals surface area contributed by atoms with Gasteiger partial charge in [0.15, 0.2) is 11.6 Å². The van der Waals surface area contributed by atoms with Gasteiger partial charge in [0.25, 0.3) is 5.92 Å². The van der Waals surface area contributed by atoms with Gasteiger partial charge >= 0.3 is 0 Å². The topological polar surface area (TPSA) is 47.7 Å². The van der Waals surface area contributed by atoms with Crippen molar-refractivity contribution >= 4 is 16.7 Å². The normalized spacial score (nSPS) is 16.5. The maximum Gasteiger partial charge on any atom is 0.260 e. The molecule has 0 saturated carbocycles. The minimum absolute atomic E-state index is 0.0696. The average molecular weight is 531 g/mol. The van der Waals surface area contributed by atoms with Crippen molar-refractivity contribution in [1.29, 1.82) is 0 Å². The number of fused-ring (bicyclic) bond motifs is 1. The Bertz CT molecular complexity index is 1270. The molecule has 2 aromatic carbocycles. The van der Waals surface area contributed by atoms with Crippen LogP contribution in [0.15, 0.2) is 35.3 Å². The van der Waals surface area contributed by atoms with Gasteiger partial charge in [0.05, 0.1) is 13.2 Å². The summed E-state index contributed by atoms with van der Waals surface area (Å²) in [7, 11) is 0. The zero-order valence-electron chi connectivity index (χ0n) is 22.7. The molecule has 1 fully saturated rings. The first-order chi connectivity index (χ1) is 18.1. The van der Waals surface area contributed by atoms with Gasteiger partial charge in [-0.25, -0.2) is 18.2 Å². The van der Waals surface area contributed by atoms with Gasteiger partial charge in [-0.15, -0.1) is 0 Å². The summed E-state index contributed by atoms with van der Waals surface area (Å²) in [4.78, 5) is 6.37. The number of halogens is 3. The number of rotatable bonds is 11. The van der Waals surface area contributed by atoms with Crippen molar-refractivity contribution in [3.63, 3.8) is 0 Å². The third-order valence-electron chi connectivity index (χ3n) is 7.10. The maximum atomic E-state index is 13.9. The molecule has 5 nitrogen and oxygen atoms in total. The number of hydrogen-bond donors (Lipinski definition) is 0. The fourth-order valence-corrected chi connectivity index (χ4v) is 5.13. The minimum atomic E-state index is -2.66. The summed E-state index contributed by atoms with van der Waals surface area (Å²) in [5, 5.41) is 0. The number of piperidine rings is 1. The molecule has 1 saturated heterocycles. The number of nitrogens with zero attached hydrogens (tertiary/aromatic N) is 2. The Morgan fingerprint density at radius 1 is 1.18 bits per heavy atom. The summed E-state index contributed by atoms with van der Waals surface area (Å²) in [5.41, 5.74) is 4.82. The first kappa shape index (κ1) is 28.0. The monoisotopic (exact) mass is 530 g/mol. The molecule has 3 aromatic rings. The predicted molar refractivity (Wildman–Crippen MR) is 144 cm³/mol. The van der Waals surface area contributed by atoms with Crippen molar-refractivity contribution in [2.45, 2.75) is 65.2 Å². The van der Waals surface area contributed by atoms with E-state index in [2.05, 4.69) is 18.5 Å². The van der Waals surface area contributed by atoms with E-state index in [1.54, 1.807) is 24.0 Å². The van der Waals surface area contributed by atoms with Gasteiger partial charge in [-0.3, -0.25) is 4.90 Å². The molecule has 0 amide bonds. The van der Waals surface area contributed by atoms with Crippen LogP contribution in [0.2, 0.25) is 0 Å². The molecule has 1 atom stereocenters. The lowest BCUT2D eigenvalue weighted by Gasteiger charge is -2.32. The van der Waals surface area contributed by atoms with Gasteiger partial charge in [-0.2, -0.15) is 0 Å². The number of allylic oxidation sites excluding steroid dienone is 1. The second-order valence-corrected chi connectivity index (χ2v) is 10.2. The Balaban J connectivity index is 1.61. The highest BCUT2D eigenvalue weighted by Crippen LogP contribution is 2.45. The molecule has 38 heavy (non-hydrogen) atoms. The first-order valence-corrected chi connectivity index (χ1v) is 13.3. The van der Waals surface area contributed by atoms with Gasteiger partial charge in [-0.05, 0) is 67.5 Å². The lowest BCUT2D eigenvalue weighted by Crippen LogP contribution is -2.44. The second-order valence-electron chi connectivity index (χ2n) is 10.2. The molecule has 0 N–H and O–H groups in total. The number of likely N-dealkylation sites (tertiary alicyclic amines) is 1. The molecule has 8 heteroatoms. The van der Waals surface area contributed by atoms with E-state index in [0.29, 0.717) is 67.4 Å². The van der Waals surface area contributed by atoms with Gasteiger partial charge < -0.3 is 13.9 Å². The van der Waals surface area contributed by atoms with E-state index in [1.807, 2.05) is 13.8 Å². The largest absolute Gasteiger partial charge is 0.488 e. The highest BCUT2D eigenvalue weighted by molar-refractivity contribution is 5.93. The highest BCUT2D eigenvalue weighted by Gasteiger charge is 2.35. The van der Waals surface area contributed by atoms with Crippen LogP contribution in [0.1, 0.15) is 68.5 Å². The Labute approximate surface area is 222 Å². The van der Waals surface area contributed by atoms with E-state index in [9.17, 15) is 13.2 Å². The summed E-state index contributed by atoms with van der Waals surface area (Å²) in [6.07, 6.45) is 1.76. The highest BCUT2D eigenvalue weighted by atomic mass is 19.3. The van der Waals surface area contributed by atoms with Crippen LogP contribution < -0.4 is 9.47 Å². The van der Waals surface area contributed by atoms with Crippen molar-refractivity contribution in [2.75, 3.05) is 32.8 Å². The van der Waals surface area contributed by atoms with Crippen molar-refractivity contribution in [3.05, 3.63) is 59.2 Å². The minimum Gasteiger partial charge on any atom is -0.488 e. The number of aromatic nitrogens is 1. The lowest BCUT2D eigenvalue weighted by atomic mass is 9.96. The Kier molecular flexibility index (Phi) is 8.71. The average Bonchev–Trinajstić information content (AvgIpc) is 3.25. The van der Waals surface area contributed by atoms with Gasteiger partial charge in [0.1, 0.15) is 17.9 Å². The predicted octanol–water partition coefficient (Wildman–Crippen LogP) is 7.55. The van der Waals surface area contributed by atoms with Crippen LogP contribution in [0.3, 0.4) is 0 Å².